The lowest BCUT2D eigenvalue weighted by molar-refractivity contribution is -0.174. The monoisotopic (exact) mass is 236 g/mol. The Labute approximate surface area is 101 Å². The summed E-state index contributed by atoms with van der Waals surface area (Å²) in [5, 5.41) is 0. The van der Waals surface area contributed by atoms with Crippen molar-refractivity contribution < 1.29 is 19.1 Å². The van der Waals surface area contributed by atoms with E-state index in [0.717, 1.165) is 12.7 Å². The average Bonchev–Trinajstić information content (AvgIpc) is 2.27. The van der Waals surface area contributed by atoms with Gasteiger partial charge in [-0.15, -0.1) is 0 Å². The van der Waals surface area contributed by atoms with Crippen molar-refractivity contribution in [2.24, 2.45) is 0 Å². The van der Waals surface area contributed by atoms with E-state index in [1.165, 1.54) is 0 Å². The molecular weight excluding hydrogens is 220 g/mol. The Morgan fingerprint density at radius 2 is 1.71 bits per heavy atom. The molecule has 4 nitrogen and oxygen atoms in total. The molecule has 92 valence electrons. The summed E-state index contributed by atoms with van der Waals surface area (Å²) in [7, 11) is 1.15. The van der Waals surface area contributed by atoms with E-state index < -0.39 is 17.5 Å². The normalized spacial score (nSPS) is 10.8. The summed E-state index contributed by atoms with van der Waals surface area (Å²) in [6.07, 6.45) is 0.538. The Bertz CT molecular complexity index is 395. The van der Waals surface area contributed by atoms with Crippen LogP contribution >= 0.6 is 0 Å². The Morgan fingerprint density at radius 1 is 1.12 bits per heavy atom. The van der Waals surface area contributed by atoms with E-state index in [-0.39, 0.29) is 0 Å². The van der Waals surface area contributed by atoms with Gasteiger partial charge in [0.05, 0.1) is 7.11 Å². The molecule has 0 bridgehead atoms. The van der Waals surface area contributed by atoms with E-state index in [4.69, 9.17) is 4.74 Å². The molecule has 0 saturated heterocycles. The fourth-order valence-corrected chi connectivity index (χ4v) is 1.50. The van der Waals surface area contributed by atoms with Crippen molar-refractivity contribution in [2.75, 3.05) is 7.11 Å². The molecule has 0 atom stereocenters. The van der Waals surface area contributed by atoms with Crippen molar-refractivity contribution in [1.82, 2.24) is 0 Å². The first-order valence-electron chi connectivity index (χ1n) is 5.30. The first kappa shape index (κ1) is 13.2. The van der Waals surface area contributed by atoms with Crippen LogP contribution in [0.25, 0.3) is 0 Å². The third-order valence-electron chi connectivity index (χ3n) is 2.19. The number of esters is 2. The molecule has 1 aromatic rings. The van der Waals surface area contributed by atoms with Crippen LogP contribution in [-0.4, -0.2) is 24.6 Å². The summed E-state index contributed by atoms with van der Waals surface area (Å²) in [4.78, 5) is 22.2. The van der Waals surface area contributed by atoms with Crippen LogP contribution in [0.15, 0.2) is 30.3 Å². The molecule has 0 aliphatic rings. The van der Waals surface area contributed by atoms with Gasteiger partial charge < -0.3 is 9.47 Å². The highest BCUT2D eigenvalue weighted by Gasteiger charge is 2.27. The third kappa shape index (κ3) is 4.26. The highest BCUT2D eigenvalue weighted by Crippen LogP contribution is 2.17. The van der Waals surface area contributed by atoms with Crippen molar-refractivity contribution in [2.45, 2.75) is 25.9 Å². The molecule has 0 saturated carbocycles. The molecule has 0 aromatic heterocycles. The zero-order chi connectivity index (χ0) is 12.9. The molecule has 4 heteroatoms. The van der Waals surface area contributed by atoms with E-state index in [2.05, 4.69) is 4.74 Å². The molecule has 1 aromatic carbocycles. The molecule has 0 amide bonds. The van der Waals surface area contributed by atoms with Crippen molar-refractivity contribution in [3.63, 3.8) is 0 Å². The number of hydrogen-bond donors (Lipinski definition) is 0. The Morgan fingerprint density at radius 3 is 2.24 bits per heavy atom. The summed E-state index contributed by atoms with van der Waals surface area (Å²) in [5.41, 5.74) is 0.294. The fourth-order valence-electron chi connectivity index (χ4n) is 1.50. The van der Waals surface area contributed by atoms with E-state index in [1.807, 2.05) is 30.3 Å². The molecule has 0 unspecified atom stereocenters. The van der Waals surface area contributed by atoms with Crippen LogP contribution in [-0.2, 0) is 25.5 Å². The van der Waals surface area contributed by atoms with Crippen molar-refractivity contribution >= 4 is 11.9 Å². The van der Waals surface area contributed by atoms with Crippen molar-refractivity contribution in [1.29, 1.82) is 0 Å². The molecule has 0 spiro atoms. The zero-order valence-corrected chi connectivity index (χ0v) is 10.2. The fraction of sp³-hybridized carbons (Fsp3) is 0.385. The Kier molecular flexibility index (Phi) is 4.26. The van der Waals surface area contributed by atoms with Gasteiger partial charge in [0.15, 0.2) is 0 Å². The van der Waals surface area contributed by atoms with E-state index in [0.29, 0.717) is 6.42 Å². The molecule has 0 fully saturated rings. The highest BCUT2D eigenvalue weighted by atomic mass is 16.6. The molecular formula is C13H16O4. The van der Waals surface area contributed by atoms with E-state index >= 15 is 0 Å². The maximum absolute atomic E-state index is 11.3. The molecule has 1 rings (SSSR count). The first-order valence-corrected chi connectivity index (χ1v) is 5.30. The first-order chi connectivity index (χ1) is 7.94. The number of benzene rings is 1. The molecule has 0 N–H and O–H groups in total. The lowest BCUT2D eigenvalue weighted by Gasteiger charge is -2.24. The molecule has 0 aliphatic heterocycles. The Balaban J connectivity index is 2.63. The van der Waals surface area contributed by atoms with Crippen LogP contribution in [0.1, 0.15) is 19.4 Å². The molecule has 17 heavy (non-hydrogen) atoms. The molecule has 0 radical (unpaired) electrons. The van der Waals surface area contributed by atoms with Crippen LogP contribution in [0.2, 0.25) is 0 Å². The number of rotatable bonds is 3. The number of ether oxygens (including phenoxy) is 2. The predicted molar refractivity (Wildman–Crippen MR) is 62.3 cm³/mol. The third-order valence-corrected chi connectivity index (χ3v) is 2.19. The zero-order valence-electron chi connectivity index (χ0n) is 10.2. The quantitative estimate of drug-likeness (QED) is 0.592. The number of carbonyl (C=O) groups is 2. The van der Waals surface area contributed by atoms with Gasteiger partial charge in [-0.2, -0.15) is 0 Å². The summed E-state index contributed by atoms with van der Waals surface area (Å²) in [5.74, 6) is -1.94. The van der Waals surface area contributed by atoms with E-state index in [1.54, 1.807) is 13.8 Å². The van der Waals surface area contributed by atoms with Gasteiger partial charge in [-0.1, -0.05) is 30.3 Å². The van der Waals surface area contributed by atoms with Gasteiger partial charge >= 0.3 is 11.9 Å². The topological polar surface area (TPSA) is 52.6 Å². The Hall–Kier alpha value is -1.84. The average molecular weight is 236 g/mol. The molecule has 0 aliphatic carbocycles. The van der Waals surface area contributed by atoms with Crippen LogP contribution in [0.3, 0.4) is 0 Å². The highest BCUT2D eigenvalue weighted by molar-refractivity contribution is 6.29. The molecule has 0 heterocycles. The SMILES string of the molecule is COC(=O)C(=O)OC(C)(C)Cc1ccccc1. The van der Waals surface area contributed by atoms with Gasteiger partial charge in [0, 0.05) is 6.42 Å². The minimum atomic E-state index is -0.980. The van der Waals surface area contributed by atoms with Crippen LogP contribution in [0, 0.1) is 0 Å². The van der Waals surface area contributed by atoms with E-state index in [9.17, 15) is 9.59 Å². The second-order valence-electron chi connectivity index (χ2n) is 4.30. The van der Waals surface area contributed by atoms with Crippen LogP contribution < -0.4 is 0 Å². The lowest BCUT2D eigenvalue weighted by atomic mass is 9.98. The lowest BCUT2D eigenvalue weighted by Crippen LogP contribution is -2.34. The van der Waals surface area contributed by atoms with Gasteiger partial charge in [0.2, 0.25) is 0 Å². The summed E-state index contributed by atoms with van der Waals surface area (Å²) in [6, 6.07) is 9.61. The van der Waals surface area contributed by atoms with Crippen LogP contribution in [0.4, 0.5) is 0 Å². The number of methoxy groups -OCH3 is 1. The summed E-state index contributed by atoms with van der Waals surface area (Å²) >= 11 is 0. The smallest absolute Gasteiger partial charge is 0.418 e. The largest absolute Gasteiger partial charge is 0.461 e. The van der Waals surface area contributed by atoms with Gasteiger partial charge in [-0.25, -0.2) is 9.59 Å². The summed E-state index contributed by atoms with van der Waals surface area (Å²) < 4.78 is 9.38. The van der Waals surface area contributed by atoms with Gasteiger partial charge in [-0.05, 0) is 19.4 Å². The second-order valence-corrected chi connectivity index (χ2v) is 4.30. The van der Waals surface area contributed by atoms with Gasteiger partial charge in [0.1, 0.15) is 5.60 Å². The summed E-state index contributed by atoms with van der Waals surface area (Å²) in [6.45, 7) is 3.50. The minimum Gasteiger partial charge on any atom is -0.461 e. The number of carbonyl (C=O) groups excluding carboxylic acids is 2. The second kappa shape index (κ2) is 5.48. The van der Waals surface area contributed by atoms with Gasteiger partial charge in [-0.3, -0.25) is 0 Å². The van der Waals surface area contributed by atoms with Gasteiger partial charge in [0.25, 0.3) is 0 Å². The number of hydrogen-bond acceptors (Lipinski definition) is 4. The van der Waals surface area contributed by atoms with Crippen molar-refractivity contribution in [3.05, 3.63) is 35.9 Å². The van der Waals surface area contributed by atoms with Crippen molar-refractivity contribution in [3.8, 4) is 0 Å². The maximum Gasteiger partial charge on any atom is 0.418 e. The van der Waals surface area contributed by atoms with Crippen LogP contribution in [0.5, 0.6) is 0 Å². The maximum atomic E-state index is 11.3. The standard InChI is InChI=1S/C13H16O4/c1-13(2,17-12(15)11(14)16-3)9-10-7-5-4-6-8-10/h4-8H,9H2,1-3H3. The predicted octanol–water partition coefficient (Wildman–Crippen LogP) is 1.72. The minimum absolute atomic E-state index is 0.538.